The number of benzene rings is 2. The first-order valence-electron chi connectivity index (χ1n) is 13.4. The number of aromatic nitrogens is 2. The molecule has 5 rings (SSSR count). The summed E-state index contributed by atoms with van der Waals surface area (Å²) in [4.78, 5) is 18.3. The average molecular weight is 581 g/mol. The highest BCUT2D eigenvalue weighted by molar-refractivity contribution is 7.90. The lowest BCUT2D eigenvalue weighted by Crippen LogP contribution is -2.38. The molecule has 0 aliphatic carbocycles. The molecule has 1 aliphatic rings. The fraction of sp³-hybridized carbons (Fsp3) is 0.367. The van der Waals surface area contributed by atoms with Gasteiger partial charge in [0, 0.05) is 73.6 Å². The molecule has 0 saturated carbocycles. The second-order valence-electron chi connectivity index (χ2n) is 10.4. The molecule has 218 valence electrons. The van der Waals surface area contributed by atoms with Gasteiger partial charge in [-0.3, -0.25) is 9.69 Å². The zero-order valence-electron chi connectivity index (χ0n) is 24.0. The molecule has 41 heavy (non-hydrogen) atoms. The van der Waals surface area contributed by atoms with Crippen LogP contribution in [0.5, 0.6) is 17.2 Å². The molecule has 1 fully saturated rings. The summed E-state index contributed by atoms with van der Waals surface area (Å²) in [5.74, 6) is 1.85. The van der Waals surface area contributed by atoms with E-state index in [0.717, 1.165) is 60.2 Å². The van der Waals surface area contributed by atoms with E-state index in [1.54, 1.807) is 52.9 Å². The summed E-state index contributed by atoms with van der Waals surface area (Å²) in [6.07, 6.45) is 6.52. The highest BCUT2D eigenvalue weighted by Crippen LogP contribution is 2.39. The van der Waals surface area contributed by atoms with Gasteiger partial charge >= 0.3 is 0 Å². The maximum absolute atomic E-state index is 12.7. The number of aromatic amines is 1. The maximum Gasteiger partial charge on any atom is 0.274 e. The van der Waals surface area contributed by atoms with Gasteiger partial charge in [0.25, 0.3) is 5.56 Å². The van der Waals surface area contributed by atoms with Crippen LogP contribution in [0.25, 0.3) is 22.0 Å². The summed E-state index contributed by atoms with van der Waals surface area (Å²) in [6.45, 7) is 2.52. The van der Waals surface area contributed by atoms with Crippen LogP contribution in [-0.4, -0.2) is 69.6 Å². The molecule has 0 unspecified atom stereocenters. The van der Waals surface area contributed by atoms with Crippen LogP contribution < -0.4 is 25.1 Å². The third-order valence-electron chi connectivity index (χ3n) is 7.68. The van der Waals surface area contributed by atoms with Crippen molar-refractivity contribution in [2.24, 2.45) is 7.05 Å². The van der Waals surface area contributed by atoms with Crippen molar-refractivity contribution in [2.75, 3.05) is 46.0 Å². The quantitative estimate of drug-likeness (QED) is 0.305. The summed E-state index contributed by atoms with van der Waals surface area (Å²) >= 11 is 0. The van der Waals surface area contributed by atoms with Crippen LogP contribution in [0.2, 0.25) is 0 Å². The van der Waals surface area contributed by atoms with Crippen LogP contribution in [0.4, 0.5) is 5.69 Å². The third kappa shape index (κ3) is 5.77. The monoisotopic (exact) mass is 580 g/mol. The van der Waals surface area contributed by atoms with Gasteiger partial charge in [0.2, 0.25) is 5.75 Å². The van der Waals surface area contributed by atoms with E-state index in [2.05, 4.69) is 15.2 Å². The first kappa shape index (κ1) is 28.6. The second kappa shape index (κ2) is 11.5. The number of rotatable bonds is 9. The number of pyridine rings is 1. The molecule has 10 nitrogen and oxygen atoms in total. The number of ether oxygens (including phenoxy) is 3. The molecule has 0 radical (unpaired) electrons. The summed E-state index contributed by atoms with van der Waals surface area (Å²) in [5.41, 5.74) is 3.79. The topological polar surface area (TPSA) is 115 Å². The van der Waals surface area contributed by atoms with Crippen molar-refractivity contribution in [2.45, 2.75) is 30.3 Å². The molecule has 0 amide bonds. The predicted octanol–water partition coefficient (Wildman–Crippen LogP) is 4.04. The normalized spacial score (nSPS) is 14.8. The minimum Gasteiger partial charge on any atom is -0.493 e. The van der Waals surface area contributed by atoms with E-state index < -0.39 is 9.84 Å². The molecule has 0 spiro atoms. The van der Waals surface area contributed by atoms with E-state index in [1.165, 1.54) is 10.8 Å². The van der Waals surface area contributed by atoms with E-state index in [1.807, 2.05) is 24.3 Å². The molecule has 2 aromatic carbocycles. The first-order chi connectivity index (χ1) is 19.6. The Morgan fingerprint density at radius 3 is 2.27 bits per heavy atom. The van der Waals surface area contributed by atoms with Crippen molar-refractivity contribution in [3.8, 4) is 28.4 Å². The smallest absolute Gasteiger partial charge is 0.274 e. The van der Waals surface area contributed by atoms with E-state index in [4.69, 9.17) is 14.2 Å². The number of piperidine rings is 1. The Hall–Kier alpha value is -3.96. The van der Waals surface area contributed by atoms with Gasteiger partial charge in [-0.1, -0.05) is 0 Å². The number of hydrogen-bond acceptors (Lipinski definition) is 8. The number of likely N-dealkylation sites (tertiary alicyclic amines) is 1. The van der Waals surface area contributed by atoms with Gasteiger partial charge in [-0.15, -0.1) is 0 Å². The van der Waals surface area contributed by atoms with Gasteiger partial charge < -0.3 is 29.1 Å². The fourth-order valence-electron chi connectivity index (χ4n) is 5.53. The molecule has 1 saturated heterocycles. The first-order valence-corrected chi connectivity index (χ1v) is 15.3. The number of sulfone groups is 1. The SMILES string of the molecule is COc1cc(CN2CCC(Nc3ccc(S(C)(=O)=O)cc3-c3cn(C)c(=O)c4[nH]ccc34)CC2)cc(OC)c1OC. The molecular formula is C30H36N4O6S. The van der Waals surface area contributed by atoms with E-state index in [9.17, 15) is 13.2 Å². The average Bonchev–Trinajstić information content (AvgIpc) is 3.45. The Morgan fingerprint density at radius 2 is 1.66 bits per heavy atom. The van der Waals surface area contributed by atoms with E-state index in [0.29, 0.717) is 22.8 Å². The lowest BCUT2D eigenvalue weighted by Gasteiger charge is -2.33. The zero-order valence-corrected chi connectivity index (χ0v) is 24.8. The van der Waals surface area contributed by atoms with Crippen LogP contribution in [0.1, 0.15) is 18.4 Å². The molecule has 11 heteroatoms. The molecule has 0 atom stereocenters. The highest BCUT2D eigenvalue weighted by Gasteiger charge is 2.23. The largest absolute Gasteiger partial charge is 0.493 e. The Balaban J connectivity index is 1.38. The van der Waals surface area contributed by atoms with Crippen molar-refractivity contribution in [3.63, 3.8) is 0 Å². The Labute approximate surface area is 239 Å². The molecule has 3 heterocycles. The minimum absolute atomic E-state index is 0.137. The number of H-pyrrole nitrogens is 1. The van der Waals surface area contributed by atoms with Crippen LogP contribution in [0.15, 0.2) is 58.5 Å². The van der Waals surface area contributed by atoms with Gasteiger partial charge in [-0.05, 0) is 54.8 Å². The van der Waals surface area contributed by atoms with Crippen LogP contribution in [-0.2, 0) is 23.4 Å². The van der Waals surface area contributed by atoms with Crippen molar-refractivity contribution in [3.05, 3.63) is 64.7 Å². The Morgan fingerprint density at radius 1 is 0.976 bits per heavy atom. The van der Waals surface area contributed by atoms with Gasteiger partial charge in [0.05, 0.1) is 26.2 Å². The Bertz CT molecular complexity index is 1710. The summed E-state index contributed by atoms with van der Waals surface area (Å²) < 4.78 is 42.9. The number of methoxy groups -OCH3 is 3. The molecule has 4 aromatic rings. The Kier molecular flexibility index (Phi) is 8.01. The number of nitrogens with one attached hydrogen (secondary N) is 2. The van der Waals surface area contributed by atoms with Crippen molar-refractivity contribution in [1.29, 1.82) is 0 Å². The van der Waals surface area contributed by atoms with Crippen LogP contribution in [0.3, 0.4) is 0 Å². The van der Waals surface area contributed by atoms with Gasteiger partial charge in [-0.2, -0.15) is 0 Å². The van der Waals surface area contributed by atoms with Crippen LogP contribution >= 0.6 is 0 Å². The minimum atomic E-state index is -3.43. The number of nitrogens with zero attached hydrogens (tertiary/aromatic N) is 2. The maximum atomic E-state index is 12.7. The van der Waals surface area contributed by atoms with Crippen molar-refractivity contribution in [1.82, 2.24) is 14.5 Å². The summed E-state index contributed by atoms with van der Waals surface area (Å²) in [5, 5.41) is 4.43. The van der Waals surface area contributed by atoms with Gasteiger partial charge in [-0.25, -0.2) is 8.42 Å². The van der Waals surface area contributed by atoms with Gasteiger partial charge in [0.15, 0.2) is 21.3 Å². The lowest BCUT2D eigenvalue weighted by atomic mass is 9.99. The fourth-order valence-corrected chi connectivity index (χ4v) is 6.17. The number of fused-ring (bicyclic) bond motifs is 1. The van der Waals surface area contributed by atoms with Crippen molar-refractivity contribution >= 4 is 26.4 Å². The third-order valence-corrected chi connectivity index (χ3v) is 8.79. The standard InChI is InChI=1S/C30H36N4O6S/c1-33-18-24(22-8-11-31-28(22)30(33)35)23-16-21(41(5,36)37)6-7-25(23)32-20-9-12-34(13-10-20)17-19-14-26(38-2)29(40-4)27(15-19)39-3/h6-8,11,14-16,18,20,31-32H,9-10,12-13,17H2,1-5H3. The number of hydrogen-bond donors (Lipinski definition) is 2. The van der Waals surface area contributed by atoms with Crippen LogP contribution in [0, 0.1) is 0 Å². The molecule has 0 bridgehead atoms. The van der Waals surface area contributed by atoms with Gasteiger partial charge in [0.1, 0.15) is 5.52 Å². The highest BCUT2D eigenvalue weighted by atomic mass is 32.2. The lowest BCUT2D eigenvalue weighted by molar-refractivity contribution is 0.210. The number of aryl methyl sites for hydroxylation is 1. The summed E-state index contributed by atoms with van der Waals surface area (Å²) in [7, 11) is 3.10. The molecule has 2 aromatic heterocycles. The number of anilines is 1. The molecule has 2 N–H and O–H groups in total. The van der Waals surface area contributed by atoms with E-state index >= 15 is 0 Å². The van der Waals surface area contributed by atoms with E-state index in [-0.39, 0.29) is 16.5 Å². The zero-order chi connectivity index (χ0) is 29.3. The van der Waals surface area contributed by atoms with Crippen molar-refractivity contribution < 1.29 is 22.6 Å². The molecular weight excluding hydrogens is 544 g/mol. The summed E-state index contributed by atoms with van der Waals surface area (Å²) in [6, 6.07) is 11.2. The second-order valence-corrected chi connectivity index (χ2v) is 12.4. The molecule has 1 aliphatic heterocycles. The predicted molar refractivity (Wildman–Crippen MR) is 160 cm³/mol.